The molecule has 4 N–H and O–H groups in total. The Labute approximate surface area is 133 Å². The molecule has 6 heteroatoms. The molecule has 2 aromatic rings. The van der Waals surface area contributed by atoms with Crippen LogP contribution in [0.5, 0.6) is 0 Å². The van der Waals surface area contributed by atoms with E-state index in [0.717, 1.165) is 16.9 Å². The number of nitrogens with two attached hydrogens (primary N) is 1. The minimum absolute atomic E-state index is 0.437. The van der Waals surface area contributed by atoms with Crippen LogP contribution in [0.1, 0.15) is 15.9 Å². The van der Waals surface area contributed by atoms with Crippen LogP contribution >= 0.6 is 23.8 Å². The number of hydrogen-bond donors (Lipinski definition) is 3. The van der Waals surface area contributed by atoms with E-state index in [1.54, 1.807) is 24.3 Å². The Morgan fingerprint density at radius 1 is 1.14 bits per heavy atom. The second-order valence-corrected chi connectivity index (χ2v) is 5.25. The van der Waals surface area contributed by atoms with Crippen LogP contribution < -0.4 is 16.4 Å². The summed E-state index contributed by atoms with van der Waals surface area (Å²) in [6.07, 6.45) is 0. The molecule has 2 aromatic carbocycles. The van der Waals surface area contributed by atoms with Gasteiger partial charge in [0.25, 0.3) is 0 Å². The number of thiocarbonyl (C=S) groups is 1. The zero-order chi connectivity index (χ0) is 15.4. The normalized spacial score (nSPS) is 10.0. The molecule has 0 aliphatic heterocycles. The fourth-order valence-electron chi connectivity index (χ4n) is 1.75. The summed E-state index contributed by atoms with van der Waals surface area (Å²) in [5, 5.41) is 7.22. The third-order valence-electron chi connectivity index (χ3n) is 2.94. The summed E-state index contributed by atoms with van der Waals surface area (Å²) in [6.45, 7) is 1.91. The minimum Gasteiger partial charge on any atom is -0.366 e. The highest BCUT2D eigenvalue weighted by atomic mass is 35.5. The van der Waals surface area contributed by atoms with Crippen LogP contribution in [0, 0.1) is 6.92 Å². The van der Waals surface area contributed by atoms with E-state index in [1.165, 1.54) is 0 Å². The van der Waals surface area contributed by atoms with Gasteiger partial charge in [0.2, 0.25) is 5.91 Å². The lowest BCUT2D eigenvalue weighted by atomic mass is 10.2. The summed E-state index contributed by atoms with van der Waals surface area (Å²) in [6, 6.07) is 12.3. The first-order valence-electron chi connectivity index (χ1n) is 6.20. The standard InChI is InChI=1S/C15H14ClN3OS/c1-9-12(16)3-2-4-13(9)19-15(21)18-11-7-5-10(6-8-11)14(17)20/h2-8H,1H3,(H2,17,20)(H2,18,19,21). The molecule has 1 amide bonds. The Morgan fingerprint density at radius 2 is 1.81 bits per heavy atom. The van der Waals surface area contributed by atoms with Crippen LogP contribution in [0.25, 0.3) is 0 Å². The number of amides is 1. The molecule has 0 saturated carbocycles. The van der Waals surface area contributed by atoms with Crippen LogP contribution in [-0.4, -0.2) is 11.0 Å². The number of primary amides is 1. The highest BCUT2D eigenvalue weighted by Gasteiger charge is 2.05. The number of anilines is 2. The molecular weight excluding hydrogens is 306 g/mol. The SMILES string of the molecule is Cc1c(Cl)cccc1NC(=S)Nc1ccc(C(N)=O)cc1. The van der Waals surface area contributed by atoms with Crippen molar-refractivity contribution in [1.82, 2.24) is 0 Å². The van der Waals surface area contributed by atoms with Gasteiger partial charge in [-0.3, -0.25) is 4.79 Å². The van der Waals surface area contributed by atoms with E-state index in [-0.39, 0.29) is 0 Å². The Balaban J connectivity index is 2.04. The molecule has 108 valence electrons. The van der Waals surface area contributed by atoms with Gasteiger partial charge in [-0.15, -0.1) is 0 Å². The van der Waals surface area contributed by atoms with Crippen molar-refractivity contribution < 1.29 is 4.79 Å². The van der Waals surface area contributed by atoms with E-state index in [9.17, 15) is 4.79 Å². The van der Waals surface area contributed by atoms with Crippen molar-refractivity contribution in [2.24, 2.45) is 5.73 Å². The van der Waals surface area contributed by atoms with E-state index in [1.807, 2.05) is 25.1 Å². The fraction of sp³-hybridized carbons (Fsp3) is 0.0667. The van der Waals surface area contributed by atoms with E-state index < -0.39 is 5.91 Å². The molecule has 0 aliphatic rings. The second-order valence-electron chi connectivity index (χ2n) is 4.43. The van der Waals surface area contributed by atoms with Crippen molar-refractivity contribution >= 4 is 46.2 Å². The lowest BCUT2D eigenvalue weighted by Crippen LogP contribution is -2.19. The number of carbonyl (C=O) groups is 1. The number of halogens is 1. The first kappa shape index (κ1) is 15.3. The van der Waals surface area contributed by atoms with Crippen LogP contribution in [-0.2, 0) is 0 Å². The fourth-order valence-corrected chi connectivity index (χ4v) is 2.15. The average molecular weight is 320 g/mol. The van der Waals surface area contributed by atoms with Gasteiger partial charge in [0.15, 0.2) is 5.11 Å². The second kappa shape index (κ2) is 6.56. The summed E-state index contributed by atoms with van der Waals surface area (Å²) in [7, 11) is 0. The molecule has 0 spiro atoms. The van der Waals surface area contributed by atoms with Crippen LogP contribution in [0.15, 0.2) is 42.5 Å². The Bertz CT molecular complexity index is 686. The molecule has 0 atom stereocenters. The van der Waals surface area contributed by atoms with Gasteiger partial charge in [-0.25, -0.2) is 0 Å². The summed E-state index contributed by atoms with van der Waals surface area (Å²) < 4.78 is 0. The number of benzene rings is 2. The largest absolute Gasteiger partial charge is 0.366 e. The Morgan fingerprint density at radius 3 is 2.43 bits per heavy atom. The molecule has 0 unspecified atom stereocenters. The first-order chi connectivity index (χ1) is 9.97. The Kier molecular flexibility index (Phi) is 4.77. The molecule has 0 aliphatic carbocycles. The van der Waals surface area contributed by atoms with Crippen molar-refractivity contribution in [3.63, 3.8) is 0 Å². The molecule has 21 heavy (non-hydrogen) atoms. The maximum atomic E-state index is 11.0. The van der Waals surface area contributed by atoms with E-state index in [2.05, 4.69) is 10.6 Å². The first-order valence-corrected chi connectivity index (χ1v) is 6.99. The van der Waals surface area contributed by atoms with Crippen molar-refractivity contribution in [3.05, 3.63) is 58.6 Å². The van der Waals surface area contributed by atoms with Gasteiger partial charge in [0, 0.05) is 22.0 Å². The molecule has 0 bridgehead atoms. The topological polar surface area (TPSA) is 67.2 Å². The molecule has 0 fully saturated rings. The van der Waals surface area contributed by atoms with Gasteiger partial charge >= 0.3 is 0 Å². The highest BCUT2D eigenvalue weighted by Crippen LogP contribution is 2.23. The molecule has 0 heterocycles. The molecule has 4 nitrogen and oxygen atoms in total. The third-order valence-corrected chi connectivity index (χ3v) is 3.56. The zero-order valence-electron chi connectivity index (χ0n) is 11.3. The maximum absolute atomic E-state index is 11.0. The zero-order valence-corrected chi connectivity index (χ0v) is 12.9. The summed E-state index contributed by atoms with van der Waals surface area (Å²) >= 11 is 11.3. The van der Waals surface area contributed by atoms with Gasteiger partial charge in [-0.05, 0) is 61.1 Å². The van der Waals surface area contributed by atoms with Gasteiger partial charge in [-0.2, -0.15) is 0 Å². The number of hydrogen-bond acceptors (Lipinski definition) is 2. The van der Waals surface area contributed by atoms with Crippen molar-refractivity contribution in [2.75, 3.05) is 10.6 Å². The summed E-state index contributed by atoms with van der Waals surface area (Å²) in [5.41, 5.74) is 8.16. The van der Waals surface area contributed by atoms with Gasteiger partial charge in [-0.1, -0.05) is 17.7 Å². The van der Waals surface area contributed by atoms with Crippen molar-refractivity contribution in [2.45, 2.75) is 6.92 Å². The van der Waals surface area contributed by atoms with E-state index in [0.29, 0.717) is 15.7 Å². The van der Waals surface area contributed by atoms with Crippen LogP contribution in [0.4, 0.5) is 11.4 Å². The molecule has 0 radical (unpaired) electrons. The van der Waals surface area contributed by atoms with E-state index in [4.69, 9.17) is 29.6 Å². The number of rotatable bonds is 3. The molecule has 0 aromatic heterocycles. The molecule has 0 saturated heterocycles. The maximum Gasteiger partial charge on any atom is 0.248 e. The van der Waals surface area contributed by atoms with Crippen LogP contribution in [0.3, 0.4) is 0 Å². The lowest BCUT2D eigenvalue weighted by Gasteiger charge is -2.13. The predicted octanol–water partition coefficient (Wildman–Crippen LogP) is 3.56. The van der Waals surface area contributed by atoms with Gasteiger partial charge in [0.05, 0.1) is 0 Å². The quantitative estimate of drug-likeness (QED) is 0.757. The minimum atomic E-state index is -0.461. The lowest BCUT2D eigenvalue weighted by molar-refractivity contribution is 0.100. The number of nitrogens with one attached hydrogen (secondary N) is 2. The monoisotopic (exact) mass is 319 g/mol. The average Bonchev–Trinajstić information content (AvgIpc) is 2.44. The third kappa shape index (κ3) is 3.93. The summed E-state index contributed by atoms with van der Waals surface area (Å²) in [5.74, 6) is -0.461. The van der Waals surface area contributed by atoms with Crippen molar-refractivity contribution in [1.29, 1.82) is 0 Å². The highest BCUT2D eigenvalue weighted by molar-refractivity contribution is 7.80. The summed E-state index contributed by atoms with van der Waals surface area (Å²) in [4.78, 5) is 11.0. The Hall–Kier alpha value is -2.11. The van der Waals surface area contributed by atoms with Gasteiger partial charge < -0.3 is 16.4 Å². The number of carbonyl (C=O) groups excluding carboxylic acids is 1. The molecule has 2 rings (SSSR count). The van der Waals surface area contributed by atoms with Crippen molar-refractivity contribution in [3.8, 4) is 0 Å². The van der Waals surface area contributed by atoms with E-state index >= 15 is 0 Å². The predicted molar refractivity (Wildman–Crippen MR) is 91.0 cm³/mol. The van der Waals surface area contributed by atoms with Crippen LogP contribution in [0.2, 0.25) is 5.02 Å². The molecular formula is C15H14ClN3OS. The van der Waals surface area contributed by atoms with Gasteiger partial charge in [0.1, 0.15) is 0 Å². The smallest absolute Gasteiger partial charge is 0.248 e.